The van der Waals surface area contributed by atoms with Crippen LogP contribution in [0, 0.1) is 0 Å². The Morgan fingerprint density at radius 3 is 2.29 bits per heavy atom. The van der Waals surface area contributed by atoms with Gasteiger partial charge in [-0.25, -0.2) is 0 Å². The first-order chi connectivity index (χ1) is 10.2. The molecular weight excluding hydrogens is 264 g/mol. The maximum absolute atomic E-state index is 10.3. The van der Waals surface area contributed by atoms with Gasteiger partial charge in [-0.05, 0) is 38.2 Å². The maximum Gasteiger partial charge on any atom is 0.303 e. The van der Waals surface area contributed by atoms with Crippen LogP contribution in [0.1, 0.15) is 71.1 Å². The molecule has 0 spiro atoms. The van der Waals surface area contributed by atoms with E-state index in [1.54, 1.807) is 0 Å². The quantitative estimate of drug-likeness (QED) is 0.266. The first-order valence-electron chi connectivity index (χ1n) is 8.06. The van der Waals surface area contributed by atoms with Crippen molar-refractivity contribution in [1.82, 2.24) is 0 Å². The molecule has 2 N–H and O–H groups in total. The Morgan fingerprint density at radius 2 is 1.57 bits per heavy atom. The van der Waals surface area contributed by atoms with Gasteiger partial charge in [-0.1, -0.05) is 50.5 Å². The molecule has 120 valence electrons. The summed E-state index contributed by atoms with van der Waals surface area (Å²) in [5, 5.41) is 17.9. The second kappa shape index (κ2) is 14.9. The van der Waals surface area contributed by atoms with Gasteiger partial charge in [0.2, 0.25) is 0 Å². The summed E-state index contributed by atoms with van der Waals surface area (Å²) in [7, 11) is 0. The molecular formula is C18H30O3. The van der Waals surface area contributed by atoms with Crippen molar-refractivity contribution in [3.63, 3.8) is 0 Å². The fraction of sp³-hybridized carbons (Fsp3) is 0.611. The number of rotatable bonds is 13. The molecule has 0 aliphatic heterocycles. The maximum atomic E-state index is 10.3. The van der Waals surface area contributed by atoms with Gasteiger partial charge < -0.3 is 10.2 Å². The molecule has 0 aliphatic rings. The van der Waals surface area contributed by atoms with E-state index in [-0.39, 0.29) is 0 Å². The summed E-state index contributed by atoms with van der Waals surface area (Å²) in [4.78, 5) is 10.3. The largest absolute Gasteiger partial charge is 0.512 e. The molecule has 21 heavy (non-hydrogen) atoms. The summed E-state index contributed by atoms with van der Waals surface area (Å²) in [5.41, 5.74) is 0. The number of carbonyl (C=O) groups is 1. The zero-order valence-electron chi connectivity index (χ0n) is 13.3. The molecule has 0 atom stereocenters. The second-order valence-electron chi connectivity index (χ2n) is 5.19. The highest BCUT2D eigenvalue weighted by Gasteiger charge is 1.95. The van der Waals surface area contributed by atoms with Crippen LogP contribution in [0.2, 0.25) is 0 Å². The Hall–Kier alpha value is -1.51. The third-order valence-electron chi connectivity index (χ3n) is 3.13. The molecule has 0 saturated heterocycles. The number of allylic oxidation sites excluding steroid dienone is 5. The molecule has 0 aromatic carbocycles. The Morgan fingerprint density at radius 1 is 0.905 bits per heavy atom. The van der Waals surface area contributed by atoms with Crippen molar-refractivity contribution in [2.24, 2.45) is 0 Å². The molecule has 3 nitrogen and oxygen atoms in total. The molecule has 0 aromatic rings. The van der Waals surface area contributed by atoms with E-state index in [1.165, 1.54) is 12.8 Å². The molecule has 0 unspecified atom stereocenters. The molecule has 0 amide bonds. The summed E-state index contributed by atoms with van der Waals surface area (Å²) in [6.07, 6.45) is 19.3. The standard InChI is InChI=1S/C18H30O3/c1-2-14-17(19)15-12-10-8-6-4-3-5-7-9-11-13-16-18(20)21/h4,6,10,12,14,19H,2-3,5,7-9,11,13,15-16H2,1H3,(H,20,21)/b6-4-,12-10-,17-14+. The predicted molar refractivity (Wildman–Crippen MR) is 88.5 cm³/mol. The Bertz CT molecular complexity index is 340. The smallest absolute Gasteiger partial charge is 0.303 e. The van der Waals surface area contributed by atoms with Crippen LogP contribution in [0.25, 0.3) is 0 Å². The SMILES string of the molecule is CC/C=C(/O)C/C=C\C/C=C\CCCCCCCC(=O)O. The van der Waals surface area contributed by atoms with Gasteiger partial charge in [-0.15, -0.1) is 0 Å². The van der Waals surface area contributed by atoms with E-state index < -0.39 is 5.97 Å². The third-order valence-corrected chi connectivity index (χ3v) is 3.13. The lowest BCUT2D eigenvalue weighted by Crippen LogP contribution is -1.93. The minimum absolute atomic E-state index is 0.301. The molecule has 0 rings (SSSR count). The van der Waals surface area contributed by atoms with Gasteiger partial charge in [-0.3, -0.25) is 4.79 Å². The molecule has 0 saturated carbocycles. The van der Waals surface area contributed by atoms with Gasteiger partial charge >= 0.3 is 5.97 Å². The number of aliphatic hydroxyl groups is 1. The molecule has 0 heterocycles. The van der Waals surface area contributed by atoms with E-state index >= 15 is 0 Å². The van der Waals surface area contributed by atoms with Crippen LogP contribution >= 0.6 is 0 Å². The van der Waals surface area contributed by atoms with Crippen molar-refractivity contribution in [2.75, 3.05) is 0 Å². The van der Waals surface area contributed by atoms with E-state index in [0.29, 0.717) is 18.6 Å². The van der Waals surface area contributed by atoms with Gasteiger partial charge in [0, 0.05) is 12.8 Å². The third kappa shape index (κ3) is 16.4. The number of aliphatic hydroxyl groups excluding tert-OH is 1. The first-order valence-corrected chi connectivity index (χ1v) is 8.06. The van der Waals surface area contributed by atoms with E-state index in [0.717, 1.165) is 38.5 Å². The highest BCUT2D eigenvalue weighted by molar-refractivity contribution is 5.66. The zero-order valence-corrected chi connectivity index (χ0v) is 13.3. The van der Waals surface area contributed by atoms with Crippen LogP contribution in [0.15, 0.2) is 36.1 Å². The average molecular weight is 294 g/mol. The molecule has 0 bridgehead atoms. The zero-order chi connectivity index (χ0) is 15.8. The van der Waals surface area contributed by atoms with Gasteiger partial charge in [-0.2, -0.15) is 0 Å². The number of carboxylic acid groups (broad SMARTS) is 1. The summed E-state index contributed by atoms with van der Waals surface area (Å²) < 4.78 is 0. The lowest BCUT2D eigenvalue weighted by molar-refractivity contribution is -0.137. The van der Waals surface area contributed by atoms with E-state index in [2.05, 4.69) is 18.2 Å². The first kappa shape index (κ1) is 19.5. The fourth-order valence-electron chi connectivity index (χ4n) is 1.98. The lowest BCUT2D eigenvalue weighted by atomic mass is 10.1. The molecule has 3 heteroatoms. The minimum Gasteiger partial charge on any atom is -0.512 e. The van der Waals surface area contributed by atoms with Crippen LogP contribution in [0.4, 0.5) is 0 Å². The second-order valence-corrected chi connectivity index (χ2v) is 5.19. The normalized spacial score (nSPS) is 12.5. The van der Waals surface area contributed by atoms with Crippen molar-refractivity contribution in [3.05, 3.63) is 36.1 Å². The van der Waals surface area contributed by atoms with Gasteiger partial charge in [0.1, 0.15) is 0 Å². The van der Waals surface area contributed by atoms with E-state index in [1.807, 2.05) is 19.1 Å². The van der Waals surface area contributed by atoms with Crippen molar-refractivity contribution >= 4 is 5.97 Å². The monoisotopic (exact) mass is 294 g/mol. The van der Waals surface area contributed by atoms with Crippen molar-refractivity contribution in [1.29, 1.82) is 0 Å². The topological polar surface area (TPSA) is 57.5 Å². The summed E-state index contributed by atoms with van der Waals surface area (Å²) in [6.45, 7) is 2.01. The average Bonchev–Trinajstić information content (AvgIpc) is 2.44. The molecule has 0 radical (unpaired) electrons. The number of unbranched alkanes of at least 4 members (excludes halogenated alkanes) is 5. The highest BCUT2D eigenvalue weighted by atomic mass is 16.4. The van der Waals surface area contributed by atoms with Crippen LogP contribution in [0.3, 0.4) is 0 Å². The Kier molecular flexibility index (Phi) is 13.8. The summed E-state index contributed by atoms with van der Waals surface area (Å²) >= 11 is 0. The lowest BCUT2D eigenvalue weighted by Gasteiger charge is -1.98. The molecule has 0 fully saturated rings. The number of aliphatic carboxylic acids is 1. The van der Waals surface area contributed by atoms with Gasteiger partial charge in [0.05, 0.1) is 5.76 Å². The number of hydrogen-bond acceptors (Lipinski definition) is 2. The molecule has 0 aromatic heterocycles. The Balaban J connectivity index is 3.35. The van der Waals surface area contributed by atoms with Crippen LogP contribution in [-0.2, 0) is 4.79 Å². The van der Waals surface area contributed by atoms with E-state index in [4.69, 9.17) is 5.11 Å². The van der Waals surface area contributed by atoms with Gasteiger partial charge in [0.25, 0.3) is 0 Å². The number of hydrogen-bond donors (Lipinski definition) is 2. The summed E-state index contributed by atoms with van der Waals surface area (Å²) in [6, 6.07) is 0. The van der Waals surface area contributed by atoms with Crippen molar-refractivity contribution < 1.29 is 15.0 Å². The van der Waals surface area contributed by atoms with Crippen molar-refractivity contribution in [3.8, 4) is 0 Å². The van der Waals surface area contributed by atoms with Crippen LogP contribution < -0.4 is 0 Å². The van der Waals surface area contributed by atoms with Crippen LogP contribution in [-0.4, -0.2) is 16.2 Å². The Labute approximate surface area is 129 Å². The summed E-state index contributed by atoms with van der Waals surface area (Å²) in [5.74, 6) is -0.245. The van der Waals surface area contributed by atoms with E-state index in [9.17, 15) is 9.90 Å². The fourth-order valence-corrected chi connectivity index (χ4v) is 1.98. The van der Waals surface area contributed by atoms with Crippen molar-refractivity contribution in [2.45, 2.75) is 71.1 Å². The van der Waals surface area contributed by atoms with Crippen LogP contribution in [0.5, 0.6) is 0 Å². The highest BCUT2D eigenvalue weighted by Crippen LogP contribution is 2.08. The predicted octanol–water partition coefficient (Wildman–Crippen LogP) is 5.55. The number of carboxylic acids is 1. The molecule has 0 aliphatic carbocycles. The van der Waals surface area contributed by atoms with Gasteiger partial charge in [0.15, 0.2) is 0 Å². The minimum atomic E-state index is -0.690.